The van der Waals surface area contributed by atoms with E-state index in [9.17, 15) is 18.8 Å². The van der Waals surface area contributed by atoms with Crippen LogP contribution in [0, 0.1) is 19.7 Å². The molecule has 6 nitrogen and oxygen atoms in total. The van der Waals surface area contributed by atoms with E-state index in [-0.39, 0.29) is 23.9 Å². The zero-order chi connectivity index (χ0) is 21.2. The molecule has 0 saturated heterocycles. The van der Waals surface area contributed by atoms with Crippen molar-refractivity contribution < 1.29 is 23.5 Å². The minimum absolute atomic E-state index is 0.179. The van der Waals surface area contributed by atoms with Gasteiger partial charge in [-0.1, -0.05) is 6.07 Å². The zero-order valence-electron chi connectivity index (χ0n) is 17.0. The van der Waals surface area contributed by atoms with Gasteiger partial charge in [-0.2, -0.15) is 0 Å². The van der Waals surface area contributed by atoms with E-state index in [4.69, 9.17) is 4.74 Å². The van der Waals surface area contributed by atoms with Crippen LogP contribution >= 0.6 is 0 Å². The second-order valence-electron chi connectivity index (χ2n) is 6.94. The van der Waals surface area contributed by atoms with Crippen molar-refractivity contribution in [3.05, 3.63) is 58.2 Å². The molecule has 1 aromatic heterocycles. The van der Waals surface area contributed by atoms with Crippen LogP contribution in [0.4, 0.5) is 4.39 Å². The standard InChI is InChI=1S/C21H25FN2O4/c1-12(2)24(20(26)15-8-7-9-16(22)10-15)11-17(25)18-13(3)19(21(27)28-6)23(5)14(18)4/h7-10,12H,11H2,1-6H3. The molecule has 1 aromatic carbocycles. The summed E-state index contributed by atoms with van der Waals surface area (Å²) in [6.07, 6.45) is 0. The monoisotopic (exact) mass is 388 g/mol. The van der Waals surface area contributed by atoms with Crippen LogP contribution in [0.5, 0.6) is 0 Å². The van der Waals surface area contributed by atoms with Crippen molar-refractivity contribution in [2.24, 2.45) is 7.05 Å². The lowest BCUT2D eigenvalue weighted by Crippen LogP contribution is -2.41. The number of ether oxygens (including phenoxy) is 1. The van der Waals surface area contributed by atoms with Gasteiger partial charge in [0.25, 0.3) is 5.91 Å². The Bertz CT molecular complexity index is 931. The number of carbonyl (C=O) groups is 3. The van der Waals surface area contributed by atoms with Crippen molar-refractivity contribution in [1.82, 2.24) is 9.47 Å². The fourth-order valence-electron chi connectivity index (χ4n) is 3.28. The fourth-order valence-corrected chi connectivity index (χ4v) is 3.28. The Labute approximate surface area is 163 Å². The molecule has 0 aliphatic rings. The highest BCUT2D eigenvalue weighted by molar-refractivity contribution is 6.06. The molecule has 1 amide bonds. The van der Waals surface area contributed by atoms with Crippen molar-refractivity contribution in [1.29, 1.82) is 0 Å². The maximum Gasteiger partial charge on any atom is 0.354 e. The van der Waals surface area contributed by atoms with Crippen molar-refractivity contribution in [2.75, 3.05) is 13.7 Å². The number of methoxy groups -OCH3 is 1. The van der Waals surface area contributed by atoms with Gasteiger partial charge in [-0.25, -0.2) is 9.18 Å². The number of amides is 1. The van der Waals surface area contributed by atoms with Crippen LogP contribution in [0.1, 0.15) is 56.3 Å². The average Bonchev–Trinajstić information content (AvgIpc) is 2.87. The van der Waals surface area contributed by atoms with Crippen molar-refractivity contribution in [3.8, 4) is 0 Å². The molecule has 150 valence electrons. The summed E-state index contributed by atoms with van der Waals surface area (Å²) in [5.74, 6) is -1.77. The first-order valence-electron chi connectivity index (χ1n) is 8.94. The molecular formula is C21H25FN2O4. The number of esters is 1. The molecule has 0 atom stereocenters. The molecule has 28 heavy (non-hydrogen) atoms. The van der Waals surface area contributed by atoms with Gasteiger partial charge in [-0.05, 0) is 51.5 Å². The van der Waals surface area contributed by atoms with Gasteiger partial charge in [0.05, 0.1) is 13.7 Å². The van der Waals surface area contributed by atoms with E-state index in [1.54, 1.807) is 39.3 Å². The number of nitrogens with zero attached hydrogens (tertiary/aromatic N) is 2. The van der Waals surface area contributed by atoms with Gasteiger partial charge in [-0.3, -0.25) is 9.59 Å². The lowest BCUT2D eigenvalue weighted by atomic mass is 10.0. The first kappa shape index (κ1) is 21.3. The molecule has 0 aliphatic carbocycles. The molecule has 7 heteroatoms. The van der Waals surface area contributed by atoms with E-state index in [1.807, 2.05) is 0 Å². The van der Waals surface area contributed by atoms with Gasteiger partial charge in [0.1, 0.15) is 11.5 Å². The number of halogens is 1. The zero-order valence-corrected chi connectivity index (χ0v) is 17.0. The highest BCUT2D eigenvalue weighted by Gasteiger charge is 2.28. The van der Waals surface area contributed by atoms with E-state index < -0.39 is 17.7 Å². The quantitative estimate of drug-likeness (QED) is 0.562. The smallest absolute Gasteiger partial charge is 0.354 e. The summed E-state index contributed by atoms with van der Waals surface area (Å²) in [4.78, 5) is 39.3. The highest BCUT2D eigenvalue weighted by atomic mass is 19.1. The van der Waals surface area contributed by atoms with Gasteiger partial charge in [0.2, 0.25) is 0 Å². The SMILES string of the molecule is COC(=O)c1c(C)c(C(=O)CN(C(=O)c2cccc(F)c2)C(C)C)c(C)n1C. The van der Waals surface area contributed by atoms with Crippen LogP contribution in [-0.2, 0) is 11.8 Å². The maximum atomic E-state index is 13.5. The molecule has 1 heterocycles. The van der Waals surface area contributed by atoms with Crippen LogP contribution in [0.2, 0.25) is 0 Å². The normalized spacial score (nSPS) is 10.9. The second kappa shape index (κ2) is 8.37. The Kier molecular flexibility index (Phi) is 6.38. The molecule has 0 saturated carbocycles. The summed E-state index contributed by atoms with van der Waals surface area (Å²) >= 11 is 0. The average molecular weight is 388 g/mol. The number of rotatable bonds is 6. The van der Waals surface area contributed by atoms with Gasteiger partial charge in [-0.15, -0.1) is 0 Å². The predicted molar refractivity (Wildman–Crippen MR) is 103 cm³/mol. The minimum atomic E-state index is -0.529. The van der Waals surface area contributed by atoms with Gasteiger partial charge >= 0.3 is 5.97 Å². The van der Waals surface area contributed by atoms with Crippen molar-refractivity contribution >= 4 is 17.7 Å². The highest BCUT2D eigenvalue weighted by Crippen LogP contribution is 2.23. The maximum absolute atomic E-state index is 13.5. The van der Waals surface area contributed by atoms with E-state index in [0.29, 0.717) is 22.5 Å². The second-order valence-corrected chi connectivity index (χ2v) is 6.94. The largest absolute Gasteiger partial charge is 0.464 e. The summed E-state index contributed by atoms with van der Waals surface area (Å²) < 4.78 is 19.9. The fraction of sp³-hybridized carbons (Fsp3) is 0.381. The van der Waals surface area contributed by atoms with Gasteiger partial charge < -0.3 is 14.2 Å². The van der Waals surface area contributed by atoms with Gasteiger partial charge in [0, 0.05) is 29.9 Å². The number of ketones is 1. The third kappa shape index (κ3) is 3.98. The molecule has 0 bridgehead atoms. The Morgan fingerprint density at radius 2 is 1.86 bits per heavy atom. The molecule has 0 radical (unpaired) electrons. The van der Waals surface area contributed by atoms with Crippen LogP contribution < -0.4 is 0 Å². The number of aromatic nitrogens is 1. The number of Topliss-reactive ketones (excluding diaryl/α,β-unsaturated/α-hetero) is 1. The van der Waals surface area contributed by atoms with Crippen LogP contribution in [0.15, 0.2) is 24.3 Å². The van der Waals surface area contributed by atoms with E-state index in [2.05, 4.69) is 0 Å². The molecular weight excluding hydrogens is 363 g/mol. The summed E-state index contributed by atoms with van der Waals surface area (Å²) in [5.41, 5.74) is 2.00. The third-order valence-electron chi connectivity index (χ3n) is 4.86. The van der Waals surface area contributed by atoms with Crippen LogP contribution in [0.25, 0.3) is 0 Å². The molecule has 0 N–H and O–H groups in total. The Hall–Kier alpha value is -2.96. The first-order valence-corrected chi connectivity index (χ1v) is 8.94. The predicted octanol–water partition coefficient (Wildman–Crippen LogP) is 3.30. The summed E-state index contributed by atoms with van der Waals surface area (Å²) in [7, 11) is 2.97. The minimum Gasteiger partial charge on any atom is -0.464 e. The van der Waals surface area contributed by atoms with E-state index in [0.717, 1.165) is 6.07 Å². The van der Waals surface area contributed by atoms with Crippen molar-refractivity contribution in [3.63, 3.8) is 0 Å². The number of benzene rings is 1. The number of carbonyl (C=O) groups excluding carboxylic acids is 3. The Balaban J connectivity index is 2.38. The summed E-state index contributed by atoms with van der Waals surface area (Å²) in [5, 5.41) is 0. The summed E-state index contributed by atoms with van der Waals surface area (Å²) in [6, 6.07) is 5.10. The molecule has 0 spiro atoms. The number of hydrogen-bond acceptors (Lipinski definition) is 4. The van der Waals surface area contributed by atoms with Crippen LogP contribution in [0.3, 0.4) is 0 Å². The third-order valence-corrected chi connectivity index (χ3v) is 4.86. The molecule has 0 unspecified atom stereocenters. The summed E-state index contributed by atoms with van der Waals surface area (Å²) in [6.45, 7) is 6.81. The molecule has 2 aromatic rings. The van der Waals surface area contributed by atoms with E-state index in [1.165, 1.54) is 30.2 Å². The Morgan fingerprint density at radius 1 is 1.21 bits per heavy atom. The molecule has 0 aliphatic heterocycles. The van der Waals surface area contributed by atoms with Crippen LogP contribution in [-0.4, -0.2) is 46.8 Å². The lowest BCUT2D eigenvalue weighted by Gasteiger charge is -2.26. The molecule has 0 fully saturated rings. The molecule has 2 rings (SSSR count). The first-order chi connectivity index (χ1) is 13.1. The van der Waals surface area contributed by atoms with Gasteiger partial charge in [0.15, 0.2) is 5.78 Å². The topological polar surface area (TPSA) is 68.6 Å². The van der Waals surface area contributed by atoms with Crippen molar-refractivity contribution in [2.45, 2.75) is 33.7 Å². The number of hydrogen-bond donors (Lipinski definition) is 0. The Morgan fingerprint density at radius 3 is 2.39 bits per heavy atom. The lowest BCUT2D eigenvalue weighted by molar-refractivity contribution is 0.0588. The van der Waals surface area contributed by atoms with E-state index >= 15 is 0 Å².